The summed E-state index contributed by atoms with van der Waals surface area (Å²) in [6.45, 7) is 0.713. The fourth-order valence-corrected chi connectivity index (χ4v) is 2.89. The molecule has 0 aliphatic carbocycles. The Morgan fingerprint density at radius 1 is 1.00 bits per heavy atom. The van der Waals surface area contributed by atoms with Crippen LogP contribution in [0.2, 0.25) is 0 Å². The van der Waals surface area contributed by atoms with Gasteiger partial charge in [-0.3, -0.25) is 14.5 Å². The highest BCUT2D eigenvalue weighted by Crippen LogP contribution is 2.29. The minimum absolute atomic E-state index is 0.114. The van der Waals surface area contributed by atoms with Crippen molar-refractivity contribution in [3.05, 3.63) is 59.7 Å². The van der Waals surface area contributed by atoms with Gasteiger partial charge in [-0.2, -0.15) is 0 Å². The number of amides is 2. The number of fused-ring (bicyclic) bond motifs is 2. The van der Waals surface area contributed by atoms with Crippen LogP contribution in [-0.2, 0) is 0 Å². The van der Waals surface area contributed by atoms with Crippen molar-refractivity contribution in [2.24, 2.45) is 0 Å². The van der Waals surface area contributed by atoms with Crippen LogP contribution in [0.1, 0.15) is 20.7 Å². The van der Waals surface area contributed by atoms with Crippen LogP contribution in [0.25, 0.3) is 0 Å². The van der Waals surface area contributed by atoms with Crippen LogP contribution in [0.5, 0.6) is 5.75 Å². The lowest BCUT2D eigenvalue weighted by Gasteiger charge is -2.29. The molecule has 0 radical (unpaired) electrons. The molecule has 110 valence electrons. The Bertz CT molecular complexity index is 737. The maximum Gasteiger partial charge on any atom is 0.261 e. The van der Waals surface area contributed by atoms with Gasteiger partial charge in [-0.1, -0.05) is 24.3 Å². The van der Waals surface area contributed by atoms with Crippen molar-refractivity contribution in [1.82, 2.24) is 4.90 Å². The molecule has 0 unspecified atom stereocenters. The minimum atomic E-state index is -0.235. The predicted octanol–water partition coefficient (Wildman–Crippen LogP) is 2.16. The largest absolute Gasteiger partial charge is 0.489 e. The van der Waals surface area contributed by atoms with Crippen LogP contribution >= 0.6 is 0 Å². The third-order valence-electron chi connectivity index (χ3n) is 3.97. The number of benzene rings is 2. The van der Waals surface area contributed by atoms with Crippen molar-refractivity contribution in [1.29, 1.82) is 0 Å². The number of carbonyl (C=O) groups excluding carboxylic acids is 2. The highest BCUT2D eigenvalue weighted by Gasteiger charge is 2.37. The monoisotopic (exact) mass is 294 g/mol. The van der Waals surface area contributed by atoms with E-state index in [1.807, 2.05) is 24.3 Å². The lowest BCUT2D eigenvalue weighted by molar-refractivity contribution is 0.0638. The molecule has 4 rings (SSSR count). The van der Waals surface area contributed by atoms with Crippen LogP contribution in [0.4, 0.5) is 5.69 Å². The van der Waals surface area contributed by atoms with Crippen LogP contribution in [0, 0.1) is 0 Å². The SMILES string of the molecule is O=C1c2ccccc2C(=O)N1C[C@@H]1COc2ccccc2N1. The first-order valence-electron chi connectivity index (χ1n) is 7.17. The summed E-state index contributed by atoms with van der Waals surface area (Å²) in [5.41, 5.74) is 1.84. The molecule has 0 saturated heterocycles. The van der Waals surface area contributed by atoms with Gasteiger partial charge in [0.2, 0.25) is 0 Å². The fraction of sp³-hybridized carbons (Fsp3) is 0.176. The molecule has 0 aromatic heterocycles. The quantitative estimate of drug-likeness (QED) is 0.862. The summed E-state index contributed by atoms with van der Waals surface area (Å²) in [5, 5.41) is 3.32. The summed E-state index contributed by atoms with van der Waals surface area (Å²) in [7, 11) is 0. The Labute approximate surface area is 127 Å². The van der Waals surface area contributed by atoms with Crippen LogP contribution in [-0.4, -0.2) is 35.9 Å². The van der Waals surface area contributed by atoms with Crippen LogP contribution in [0.15, 0.2) is 48.5 Å². The third kappa shape index (κ3) is 1.94. The second kappa shape index (κ2) is 4.87. The standard InChI is InChI=1S/C17H14N2O3/c20-16-12-5-1-2-6-13(12)17(21)19(16)9-11-10-22-15-8-4-3-7-14(15)18-11/h1-8,11,18H,9-10H2/t11-/m1/s1. The molecule has 1 N–H and O–H groups in total. The van der Waals surface area contributed by atoms with Gasteiger partial charge in [0.15, 0.2) is 0 Å². The molecule has 2 aliphatic rings. The molecular weight excluding hydrogens is 280 g/mol. The van der Waals surface area contributed by atoms with Gasteiger partial charge < -0.3 is 10.1 Å². The molecule has 2 aliphatic heterocycles. The Morgan fingerprint density at radius 2 is 1.64 bits per heavy atom. The normalized spacial score (nSPS) is 19.3. The molecule has 22 heavy (non-hydrogen) atoms. The molecule has 2 aromatic carbocycles. The van der Waals surface area contributed by atoms with E-state index < -0.39 is 0 Å². The zero-order chi connectivity index (χ0) is 15.1. The molecule has 0 bridgehead atoms. The van der Waals surface area contributed by atoms with Gasteiger partial charge in [0, 0.05) is 0 Å². The topological polar surface area (TPSA) is 58.6 Å². The summed E-state index contributed by atoms with van der Waals surface area (Å²) >= 11 is 0. The molecular formula is C17H14N2O3. The van der Waals surface area contributed by atoms with Gasteiger partial charge in [-0.15, -0.1) is 0 Å². The van der Waals surface area contributed by atoms with Gasteiger partial charge >= 0.3 is 0 Å². The number of nitrogens with one attached hydrogen (secondary N) is 1. The zero-order valence-corrected chi connectivity index (χ0v) is 11.8. The second-order valence-corrected chi connectivity index (χ2v) is 5.41. The number of para-hydroxylation sites is 2. The third-order valence-corrected chi connectivity index (χ3v) is 3.97. The number of nitrogens with zero attached hydrogens (tertiary/aromatic N) is 1. The van der Waals surface area contributed by atoms with Crippen molar-refractivity contribution < 1.29 is 14.3 Å². The van der Waals surface area contributed by atoms with Gasteiger partial charge in [0.1, 0.15) is 12.4 Å². The summed E-state index contributed by atoms with van der Waals surface area (Å²) in [6.07, 6.45) is 0. The lowest BCUT2D eigenvalue weighted by atomic mass is 10.1. The summed E-state index contributed by atoms with van der Waals surface area (Å²) in [6, 6.07) is 14.4. The van der Waals surface area contributed by atoms with E-state index in [0.717, 1.165) is 11.4 Å². The molecule has 2 amide bonds. The fourth-order valence-electron chi connectivity index (χ4n) is 2.89. The van der Waals surface area contributed by atoms with E-state index in [1.165, 1.54) is 4.90 Å². The number of imide groups is 1. The molecule has 0 fully saturated rings. The Morgan fingerprint density at radius 3 is 2.36 bits per heavy atom. The van der Waals surface area contributed by atoms with E-state index in [9.17, 15) is 9.59 Å². The number of carbonyl (C=O) groups is 2. The molecule has 5 nitrogen and oxygen atoms in total. The Hall–Kier alpha value is -2.82. The zero-order valence-electron chi connectivity index (χ0n) is 11.8. The molecule has 2 aromatic rings. The van der Waals surface area contributed by atoms with E-state index in [1.54, 1.807) is 24.3 Å². The van der Waals surface area contributed by atoms with Gasteiger partial charge in [-0.25, -0.2) is 0 Å². The Kier molecular flexibility index (Phi) is 2.85. The van der Waals surface area contributed by atoms with E-state index in [2.05, 4.69) is 5.32 Å². The maximum atomic E-state index is 12.4. The van der Waals surface area contributed by atoms with Crippen molar-refractivity contribution in [2.45, 2.75) is 6.04 Å². The molecule has 2 heterocycles. The first-order valence-corrected chi connectivity index (χ1v) is 7.17. The minimum Gasteiger partial charge on any atom is -0.489 e. The van der Waals surface area contributed by atoms with E-state index in [4.69, 9.17) is 4.74 Å². The predicted molar refractivity (Wildman–Crippen MR) is 81.2 cm³/mol. The Balaban J connectivity index is 1.54. The van der Waals surface area contributed by atoms with Crippen molar-refractivity contribution in [3.8, 4) is 5.75 Å². The number of anilines is 1. The van der Waals surface area contributed by atoms with Crippen LogP contribution in [0.3, 0.4) is 0 Å². The maximum absolute atomic E-state index is 12.4. The van der Waals surface area contributed by atoms with Gasteiger partial charge in [0.25, 0.3) is 11.8 Å². The number of rotatable bonds is 2. The van der Waals surface area contributed by atoms with Crippen LogP contribution < -0.4 is 10.1 Å². The molecule has 0 spiro atoms. The summed E-state index contributed by atoms with van der Waals surface area (Å²) < 4.78 is 5.68. The van der Waals surface area contributed by atoms with Crippen molar-refractivity contribution in [2.75, 3.05) is 18.5 Å². The smallest absolute Gasteiger partial charge is 0.261 e. The first-order chi connectivity index (χ1) is 10.7. The number of hydrogen-bond acceptors (Lipinski definition) is 4. The number of hydrogen-bond donors (Lipinski definition) is 1. The summed E-state index contributed by atoms with van der Waals surface area (Å²) in [4.78, 5) is 26.0. The van der Waals surface area contributed by atoms with E-state index >= 15 is 0 Å². The van der Waals surface area contributed by atoms with Gasteiger partial charge in [-0.05, 0) is 24.3 Å². The van der Waals surface area contributed by atoms with Crippen molar-refractivity contribution >= 4 is 17.5 Å². The highest BCUT2D eigenvalue weighted by molar-refractivity contribution is 6.21. The molecule has 1 atom stereocenters. The second-order valence-electron chi connectivity index (χ2n) is 5.41. The highest BCUT2D eigenvalue weighted by atomic mass is 16.5. The van der Waals surface area contributed by atoms with Gasteiger partial charge in [0.05, 0.1) is 29.4 Å². The summed E-state index contributed by atoms with van der Waals surface area (Å²) in [5.74, 6) is 0.323. The number of ether oxygens (including phenoxy) is 1. The lowest BCUT2D eigenvalue weighted by Crippen LogP contribution is -2.44. The first kappa shape index (κ1) is 12.9. The average Bonchev–Trinajstić information content (AvgIpc) is 2.80. The van der Waals surface area contributed by atoms with Crippen molar-refractivity contribution in [3.63, 3.8) is 0 Å². The van der Waals surface area contributed by atoms with E-state index in [-0.39, 0.29) is 17.9 Å². The van der Waals surface area contributed by atoms with E-state index in [0.29, 0.717) is 24.3 Å². The average molecular weight is 294 g/mol. The molecule has 5 heteroatoms. The molecule has 0 saturated carbocycles.